The minimum absolute atomic E-state index is 0.343. The lowest BCUT2D eigenvalue weighted by Crippen LogP contribution is -2.29. The Balaban J connectivity index is 2.00. The second kappa shape index (κ2) is 3.88. The topological polar surface area (TPSA) is 35.5 Å². The number of ether oxygens (including phenoxy) is 2. The van der Waals surface area contributed by atoms with E-state index in [-0.39, 0.29) is 5.97 Å². The molecule has 2 aromatic rings. The fourth-order valence-electron chi connectivity index (χ4n) is 2.13. The summed E-state index contributed by atoms with van der Waals surface area (Å²) in [5, 5.41) is 0. The summed E-state index contributed by atoms with van der Waals surface area (Å²) < 4.78 is 11.2. The van der Waals surface area contributed by atoms with Crippen LogP contribution in [-0.2, 0) is 10.5 Å². The van der Waals surface area contributed by atoms with Crippen LogP contribution in [0.25, 0.3) is 0 Å². The molecule has 0 amide bonds. The maximum absolute atomic E-state index is 11.8. The third kappa shape index (κ3) is 1.64. The molecule has 0 N–H and O–H groups in total. The molecule has 0 radical (unpaired) electrons. The van der Waals surface area contributed by atoms with Gasteiger partial charge in [-0.1, -0.05) is 36.4 Å². The first kappa shape index (κ1) is 10.8. The number of rotatable bonds is 2. The zero-order chi connectivity index (χ0) is 12.6. The molecule has 3 nitrogen and oxygen atoms in total. The highest BCUT2D eigenvalue weighted by atomic mass is 16.7. The fraction of sp³-hybridized carbons (Fsp3) is 0.133. The first-order valence-corrected chi connectivity index (χ1v) is 5.76. The van der Waals surface area contributed by atoms with Gasteiger partial charge in [0.05, 0.1) is 11.1 Å². The lowest BCUT2D eigenvalue weighted by molar-refractivity contribution is -0.126. The van der Waals surface area contributed by atoms with Gasteiger partial charge in [0, 0.05) is 6.92 Å². The minimum atomic E-state index is -1.05. The van der Waals surface area contributed by atoms with E-state index in [9.17, 15) is 4.79 Å². The van der Waals surface area contributed by atoms with Crippen molar-refractivity contribution in [2.45, 2.75) is 12.7 Å². The molecule has 3 rings (SSSR count). The summed E-state index contributed by atoms with van der Waals surface area (Å²) in [6.45, 7) is 1.75. The van der Waals surface area contributed by atoms with Crippen molar-refractivity contribution in [2.24, 2.45) is 0 Å². The van der Waals surface area contributed by atoms with Crippen molar-refractivity contribution in [3.8, 4) is 5.75 Å². The Morgan fingerprint density at radius 2 is 1.67 bits per heavy atom. The average Bonchev–Trinajstić information content (AvgIpc) is 2.63. The van der Waals surface area contributed by atoms with Crippen LogP contribution in [0.1, 0.15) is 22.8 Å². The van der Waals surface area contributed by atoms with Gasteiger partial charge in [-0.05, 0) is 18.2 Å². The van der Waals surface area contributed by atoms with Crippen molar-refractivity contribution in [1.29, 1.82) is 0 Å². The van der Waals surface area contributed by atoms with E-state index in [1.165, 1.54) is 0 Å². The average molecular weight is 240 g/mol. The van der Waals surface area contributed by atoms with E-state index in [1.54, 1.807) is 13.0 Å². The summed E-state index contributed by atoms with van der Waals surface area (Å²) in [5.74, 6) is -0.719. The Labute approximate surface area is 105 Å². The van der Waals surface area contributed by atoms with Crippen LogP contribution in [0.3, 0.4) is 0 Å². The Hall–Kier alpha value is -2.29. The second-order valence-corrected chi connectivity index (χ2v) is 4.30. The van der Waals surface area contributed by atoms with Crippen molar-refractivity contribution < 1.29 is 14.3 Å². The highest BCUT2D eigenvalue weighted by molar-refractivity contribution is 5.94. The van der Waals surface area contributed by atoms with E-state index < -0.39 is 5.79 Å². The minimum Gasteiger partial charge on any atom is -0.448 e. The standard InChI is InChI=1S/C15H12O3/c1-15(17-11-7-3-2-4-8-11)13-10-6-5-9-12(13)14(16)18-15/h2-10H,1H3. The molecule has 0 aliphatic carbocycles. The molecule has 0 aromatic heterocycles. The van der Waals surface area contributed by atoms with Crippen LogP contribution in [0.2, 0.25) is 0 Å². The zero-order valence-corrected chi connectivity index (χ0v) is 9.92. The summed E-state index contributed by atoms with van der Waals surface area (Å²) >= 11 is 0. The highest BCUT2D eigenvalue weighted by Gasteiger charge is 2.43. The number of cyclic esters (lactones) is 1. The van der Waals surface area contributed by atoms with Gasteiger partial charge in [-0.3, -0.25) is 0 Å². The van der Waals surface area contributed by atoms with Crippen LogP contribution >= 0.6 is 0 Å². The molecule has 0 saturated heterocycles. The number of hydrogen-bond donors (Lipinski definition) is 0. The molecule has 18 heavy (non-hydrogen) atoms. The van der Waals surface area contributed by atoms with Gasteiger partial charge in [0.25, 0.3) is 5.79 Å². The molecule has 1 atom stereocenters. The van der Waals surface area contributed by atoms with Gasteiger partial charge < -0.3 is 9.47 Å². The molecule has 1 unspecified atom stereocenters. The summed E-state index contributed by atoms with van der Waals surface area (Å²) in [5.41, 5.74) is 1.33. The van der Waals surface area contributed by atoms with Crippen molar-refractivity contribution in [3.05, 3.63) is 65.7 Å². The molecule has 3 heteroatoms. The number of fused-ring (bicyclic) bond motifs is 1. The Morgan fingerprint density at radius 1 is 1.00 bits per heavy atom. The molecular weight excluding hydrogens is 228 g/mol. The van der Waals surface area contributed by atoms with E-state index in [0.717, 1.165) is 5.56 Å². The van der Waals surface area contributed by atoms with E-state index in [4.69, 9.17) is 9.47 Å². The number of benzene rings is 2. The maximum Gasteiger partial charge on any atom is 0.342 e. The zero-order valence-electron chi connectivity index (χ0n) is 9.92. The predicted molar refractivity (Wildman–Crippen MR) is 66.3 cm³/mol. The first-order valence-electron chi connectivity index (χ1n) is 5.76. The van der Waals surface area contributed by atoms with Crippen LogP contribution in [0.4, 0.5) is 0 Å². The normalized spacial score (nSPS) is 21.3. The Morgan fingerprint density at radius 3 is 2.44 bits per heavy atom. The molecule has 1 aliphatic rings. The lowest BCUT2D eigenvalue weighted by Gasteiger charge is -2.25. The Kier molecular flexibility index (Phi) is 2.33. The summed E-state index contributed by atoms with van der Waals surface area (Å²) in [7, 11) is 0. The van der Waals surface area contributed by atoms with Crippen molar-refractivity contribution >= 4 is 5.97 Å². The van der Waals surface area contributed by atoms with E-state index >= 15 is 0 Å². The van der Waals surface area contributed by atoms with Crippen LogP contribution in [0.5, 0.6) is 5.75 Å². The summed E-state index contributed by atoms with van der Waals surface area (Å²) in [6, 6.07) is 16.6. The maximum atomic E-state index is 11.8. The Bertz CT molecular complexity index is 592. The molecule has 1 aliphatic heterocycles. The largest absolute Gasteiger partial charge is 0.448 e. The molecular formula is C15H12O3. The predicted octanol–water partition coefficient (Wildman–Crippen LogP) is 3.11. The van der Waals surface area contributed by atoms with Crippen molar-refractivity contribution in [2.75, 3.05) is 0 Å². The summed E-state index contributed by atoms with van der Waals surface area (Å²) in [4.78, 5) is 11.8. The van der Waals surface area contributed by atoms with Crippen LogP contribution in [-0.4, -0.2) is 5.97 Å². The van der Waals surface area contributed by atoms with Gasteiger partial charge in [-0.25, -0.2) is 4.79 Å². The van der Waals surface area contributed by atoms with Crippen LogP contribution in [0, 0.1) is 0 Å². The molecule has 90 valence electrons. The van der Waals surface area contributed by atoms with Gasteiger partial charge >= 0.3 is 5.97 Å². The molecule has 0 fully saturated rings. The van der Waals surface area contributed by atoms with Gasteiger partial charge in [-0.2, -0.15) is 0 Å². The molecule has 2 aromatic carbocycles. The van der Waals surface area contributed by atoms with Gasteiger partial charge in [-0.15, -0.1) is 0 Å². The van der Waals surface area contributed by atoms with Crippen molar-refractivity contribution in [1.82, 2.24) is 0 Å². The van der Waals surface area contributed by atoms with Gasteiger partial charge in [0.2, 0.25) is 0 Å². The number of carbonyl (C=O) groups is 1. The van der Waals surface area contributed by atoms with E-state index in [1.807, 2.05) is 48.5 Å². The van der Waals surface area contributed by atoms with Crippen molar-refractivity contribution in [3.63, 3.8) is 0 Å². The highest BCUT2D eigenvalue weighted by Crippen LogP contribution is 2.37. The molecule has 0 spiro atoms. The fourth-order valence-corrected chi connectivity index (χ4v) is 2.13. The van der Waals surface area contributed by atoms with Gasteiger partial charge in [0.1, 0.15) is 5.75 Å². The number of para-hydroxylation sites is 1. The first-order chi connectivity index (χ1) is 8.69. The molecule has 1 heterocycles. The van der Waals surface area contributed by atoms with Gasteiger partial charge in [0.15, 0.2) is 0 Å². The van der Waals surface area contributed by atoms with Crippen LogP contribution < -0.4 is 4.74 Å². The third-order valence-electron chi connectivity index (χ3n) is 2.98. The number of hydrogen-bond acceptors (Lipinski definition) is 3. The third-order valence-corrected chi connectivity index (χ3v) is 2.98. The lowest BCUT2D eigenvalue weighted by atomic mass is 10.0. The monoisotopic (exact) mass is 240 g/mol. The summed E-state index contributed by atoms with van der Waals surface area (Å²) in [6.07, 6.45) is 0. The number of carbonyl (C=O) groups excluding carboxylic acids is 1. The SMILES string of the molecule is CC1(Oc2ccccc2)OC(=O)c2ccccc21. The molecule has 0 bridgehead atoms. The van der Waals surface area contributed by atoms with E-state index in [2.05, 4.69) is 0 Å². The molecule has 0 saturated carbocycles. The van der Waals surface area contributed by atoms with E-state index in [0.29, 0.717) is 11.3 Å². The number of esters is 1. The smallest absolute Gasteiger partial charge is 0.342 e. The second-order valence-electron chi connectivity index (χ2n) is 4.30. The van der Waals surface area contributed by atoms with Crippen LogP contribution in [0.15, 0.2) is 54.6 Å². The quantitative estimate of drug-likeness (QED) is 0.756.